The van der Waals surface area contributed by atoms with Crippen molar-refractivity contribution < 1.29 is 4.92 Å². The summed E-state index contributed by atoms with van der Waals surface area (Å²) >= 11 is 1.19. The van der Waals surface area contributed by atoms with Crippen molar-refractivity contribution in [1.82, 2.24) is 5.32 Å². The van der Waals surface area contributed by atoms with E-state index in [9.17, 15) is 10.1 Å². The molecule has 1 heterocycles. The zero-order valence-electron chi connectivity index (χ0n) is 7.45. The Labute approximate surface area is 80.7 Å². The van der Waals surface area contributed by atoms with Crippen LogP contribution < -0.4 is 5.32 Å². The first-order chi connectivity index (χ1) is 6.24. The summed E-state index contributed by atoms with van der Waals surface area (Å²) in [5, 5.41) is 15.6. The molecule has 0 atom stereocenters. The van der Waals surface area contributed by atoms with Gasteiger partial charge in [0, 0.05) is 11.4 Å². The number of nitro groups is 1. The summed E-state index contributed by atoms with van der Waals surface area (Å²) in [7, 11) is 0. The molecule has 72 valence electrons. The summed E-state index contributed by atoms with van der Waals surface area (Å²) in [5.41, 5.74) is 1.04. The Morgan fingerprint density at radius 3 is 3.00 bits per heavy atom. The third-order valence-electron chi connectivity index (χ3n) is 1.66. The molecule has 0 spiro atoms. The maximum Gasteiger partial charge on any atom is 0.324 e. The van der Waals surface area contributed by atoms with Gasteiger partial charge in [0.1, 0.15) is 0 Å². The van der Waals surface area contributed by atoms with E-state index >= 15 is 0 Å². The van der Waals surface area contributed by atoms with Crippen molar-refractivity contribution in [1.29, 1.82) is 0 Å². The van der Waals surface area contributed by atoms with Crippen LogP contribution >= 0.6 is 11.3 Å². The minimum absolute atomic E-state index is 0.228. The van der Waals surface area contributed by atoms with Gasteiger partial charge in [0.2, 0.25) is 0 Å². The number of hydrogen-bond donors (Lipinski definition) is 1. The summed E-state index contributed by atoms with van der Waals surface area (Å²) in [6.45, 7) is 3.85. The van der Waals surface area contributed by atoms with Gasteiger partial charge in [0.05, 0.1) is 4.92 Å². The lowest BCUT2D eigenvalue weighted by atomic mass is 10.2. The van der Waals surface area contributed by atoms with Gasteiger partial charge in [0.15, 0.2) is 0 Å². The average Bonchev–Trinajstić information content (AvgIpc) is 2.53. The molecule has 0 radical (unpaired) electrons. The van der Waals surface area contributed by atoms with Gasteiger partial charge in [-0.25, -0.2) is 0 Å². The summed E-state index contributed by atoms with van der Waals surface area (Å²) in [6.07, 6.45) is 0.859. The number of rotatable bonds is 5. The fourth-order valence-corrected chi connectivity index (χ4v) is 1.76. The lowest BCUT2D eigenvalue weighted by Crippen LogP contribution is -2.15. The standard InChI is InChI=1S/C8H12N2O2S/c1-2-9-4-3-7-5-8(10(11)12)13-6-7/h5-6,9H,2-4H2,1H3. The van der Waals surface area contributed by atoms with E-state index in [-0.39, 0.29) is 9.92 Å². The van der Waals surface area contributed by atoms with Crippen molar-refractivity contribution in [2.24, 2.45) is 0 Å². The van der Waals surface area contributed by atoms with Gasteiger partial charge < -0.3 is 5.32 Å². The Kier molecular flexibility index (Phi) is 3.85. The van der Waals surface area contributed by atoms with Crippen molar-refractivity contribution in [2.45, 2.75) is 13.3 Å². The van der Waals surface area contributed by atoms with E-state index in [0.29, 0.717) is 0 Å². The van der Waals surface area contributed by atoms with Crippen LogP contribution in [0.15, 0.2) is 11.4 Å². The normalized spacial score (nSPS) is 10.2. The first-order valence-electron chi connectivity index (χ1n) is 4.16. The van der Waals surface area contributed by atoms with Gasteiger partial charge in [0.25, 0.3) is 0 Å². The highest BCUT2D eigenvalue weighted by Gasteiger charge is 2.08. The Morgan fingerprint density at radius 2 is 2.46 bits per heavy atom. The van der Waals surface area contributed by atoms with Gasteiger partial charge in [-0.15, -0.1) is 0 Å². The van der Waals surface area contributed by atoms with Crippen molar-refractivity contribution in [3.63, 3.8) is 0 Å². The molecule has 1 aromatic rings. The van der Waals surface area contributed by atoms with E-state index in [1.807, 2.05) is 12.3 Å². The molecular formula is C8H12N2O2S. The third-order valence-corrected chi connectivity index (χ3v) is 2.59. The molecule has 0 aliphatic carbocycles. The molecule has 0 saturated heterocycles. The predicted octanol–water partition coefficient (Wildman–Crippen LogP) is 1.81. The highest BCUT2D eigenvalue weighted by atomic mass is 32.1. The minimum atomic E-state index is -0.346. The molecule has 1 N–H and O–H groups in total. The van der Waals surface area contributed by atoms with Gasteiger partial charge in [-0.1, -0.05) is 18.3 Å². The molecule has 1 aromatic heterocycles. The molecule has 5 heteroatoms. The lowest BCUT2D eigenvalue weighted by molar-refractivity contribution is -0.380. The second-order valence-electron chi connectivity index (χ2n) is 2.65. The van der Waals surface area contributed by atoms with E-state index in [0.717, 1.165) is 25.1 Å². The first-order valence-corrected chi connectivity index (χ1v) is 5.04. The lowest BCUT2D eigenvalue weighted by Gasteiger charge is -1.97. The average molecular weight is 200 g/mol. The van der Waals surface area contributed by atoms with E-state index in [4.69, 9.17) is 0 Å². The Bertz CT molecular complexity index is 285. The first kappa shape index (κ1) is 10.1. The van der Waals surface area contributed by atoms with Crippen molar-refractivity contribution in [3.05, 3.63) is 27.1 Å². The van der Waals surface area contributed by atoms with Gasteiger partial charge in [-0.05, 0) is 25.1 Å². The quantitative estimate of drug-likeness (QED) is 0.448. The smallest absolute Gasteiger partial charge is 0.317 e. The van der Waals surface area contributed by atoms with Crippen LogP contribution in [-0.4, -0.2) is 18.0 Å². The van der Waals surface area contributed by atoms with Crippen LogP contribution in [0.25, 0.3) is 0 Å². The number of nitrogens with one attached hydrogen (secondary N) is 1. The van der Waals surface area contributed by atoms with Gasteiger partial charge >= 0.3 is 5.00 Å². The van der Waals surface area contributed by atoms with Gasteiger partial charge in [-0.2, -0.15) is 0 Å². The van der Waals surface area contributed by atoms with Crippen molar-refractivity contribution in [3.8, 4) is 0 Å². The third kappa shape index (κ3) is 3.12. The van der Waals surface area contributed by atoms with Crippen LogP contribution in [0.4, 0.5) is 5.00 Å². The second kappa shape index (κ2) is 4.94. The molecule has 0 amide bonds. The Morgan fingerprint density at radius 1 is 1.69 bits per heavy atom. The molecule has 4 nitrogen and oxygen atoms in total. The predicted molar refractivity (Wildman–Crippen MR) is 53.2 cm³/mol. The zero-order valence-corrected chi connectivity index (χ0v) is 8.26. The fourth-order valence-electron chi connectivity index (χ4n) is 0.999. The molecule has 0 unspecified atom stereocenters. The van der Waals surface area contributed by atoms with Gasteiger partial charge in [-0.3, -0.25) is 10.1 Å². The Hall–Kier alpha value is -0.940. The summed E-state index contributed by atoms with van der Waals surface area (Å²) in [6, 6.07) is 1.64. The molecule has 1 rings (SSSR count). The summed E-state index contributed by atoms with van der Waals surface area (Å²) in [5.74, 6) is 0. The monoisotopic (exact) mass is 200 g/mol. The largest absolute Gasteiger partial charge is 0.324 e. The maximum atomic E-state index is 10.3. The SMILES string of the molecule is CCNCCc1csc([N+](=O)[O-])c1. The molecule has 0 bridgehead atoms. The molecule has 13 heavy (non-hydrogen) atoms. The van der Waals surface area contributed by atoms with E-state index in [1.165, 1.54) is 11.3 Å². The molecule has 0 aliphatic rings. The van der Waals surface area contributed by atoms with Crippen LogP contribution in [0.1, 0.15) is 12.5 Å². The van der Waals surface area contributed by atoms with Crippen LogP contribution in [0.5, 0.6) is 0 Å². The highest BCUT2D eigenvalue weighted by Crippen LogP contribution is 2.22. The second-order valence-corrected chi connectivity index (χ2v) is 3.54. The summed E-state index contributed by atoms with van der Waals surface area (Å²) < 4.78 is 0. The van der Waals surface area contributed by atoms with Crippen LogP contribution in [0.2, 0.25) is 0 Å². The van der Waals surface area contributed by atoms with Crippen LogP contribution in [0, 0.1) is 10.1 Å². The van der Waals surface area contributed by atoms with E-state index in [2.05, 4.69) is 5.32 Å². The van der Waals surface area contributed by atoms with Crippen LogP contribution in [0.3, 0.4) is 0 Å². The van der Waals surface area contributed by atoms with Crippen LogP contribution in [-0.2, 0) is 6.42 Å². The topological polar surface area (TPSA) is 55.2 Å². The number of hydrogen-bond acceptors (Lipinski definition) is 4. The minimum Gasteiger partial charge on any atom is -0.317 e. The maximum absolute atomic E-state index is 10.3. The van der Waals surface area contributed by atoms with E-state index < -0.39 is 0 Å². The molecular weight excluding hydrogens is 188 g/mol. The molecule has 0 fully saturated rings. The van der Waals surface area contributed by atoms with Crippen molar-refractivity contribution >= 4 is 16.3 Å². The molecule has 0 aliphatic heterocycles. The number of nitrogens with zero attached hydrogens (tertiary/aromatic N) is 1. The zero-order chi connectivity index (χ0) is 9.68. The molecule has 0 aromatic carbocycles. The number of likely N-dealkylation sites (N-methyl/N-ethyl adjacent to an activating group) is 1. The number of thiophene rings is 1. The van der Waals surface area contributed by atoms with Crippen molar-refractivity contribution in [2.75, 3.05) is 13.1 Å². The highest BCUT2D eigenvalue weighted by molar-refractivity contribution is 7.13. The van der Waals surface area contributed by atoms with E-state index in [1.54, 1.807) is 6.07 Å². The molecule has 0 saturated carbocycles. The Balaban J connectivity index is 2.44. The fraction of sp³-hybridized carbons (Fsp3) is 0.500. The summed E-state index contributed by atoms with van der Waals surface area (Å²) in [4.78, 5) is 10.00.